The molecule has 0 aliphatic heterocycles. The molecule has 0 aromatic heterocycles. The first-order valence-corrected chi connectivity index (χ1v) is 5.80. The summed E-state index contributed by atoms with van der Waals surface area (Å²) in [6, 6.07) is 7.41. The van der Waals surface area contributed by atoms with Crippen LogP contribution in [0.15, 0.2) is 24.3 Å². The largest absolute Gasteiger partial charge is 0.466 e. The highest BCUT2D eigenvalue weighted by Gasteiger charge is 2.13. The maximum atomic E-state index is 11.1. The summed E-state index contributed by atoms with van der Waals surface area (Å²) in [7, 11) is 0. The topological polar surface area (TPSA) is 46.5 Å². The van der Waals surface area contributed by atoms with Gasteiger partial charge in [0.15, 0.2) is 0 Å². The molecule has 0 radical (unpaired) electrons. The van der Waals surface area contributed by atoms with Gasteiger partial charge in [0.25, 0.3) is 0 Å². The van der Waals surface area contributed by atoms with E-state index in [-0.39, 0.29) is 12.4 Å². The number of benzene rings is 1. The molecule has 0 unspecified atom stereocenters. The van der Waals surface area contributed by atoms with Gasteiger partial charge in [-0.3, -0.25) is 4.79 Å². The van der Waals surface area contributed by atoms with Crippen LogP contribution in [0, 0.1) is 3.57 Å². The zero-order chi connectivity index (χ0) is 11.3. The molecule has 3 nitrogen and oxygen atoms in total. The van der Waals surface area contributed by atoms with Crippen molar-refractivity contribution in [3.63, 3.8) is 0 Å². The molecule has 0 saturated heterocycles. The van der Waals surface area contributed by atoms with E-state index in [1.807, 2.05) is 24.3 Å². The predicted molar refractivity (Wildman–Crippen MR) is 65.4 cm³/mol. The van der Waals surface area contributed by atoms with E-state index in [1.165, 1.54) is 0 Å². The molecule has 0 heterocycles. The van der Waals surface area contributed by atoms with E-state index in [2.05, 4.69) is 22.6 Å². The van der Waals surface area contributed by atoms with Gasteiger partial charge in [-0.05, 0) is 47.2 Å². The van der Waals surface area contributed by atoms with E-state index in [9.17, 15) is 9.90 Å². The first kappa shape index (κ1) is 12.4. The van der Waals surface area contributed by atoms with Gasteiger partial charge < -0.3 is 9.84 Å². The average Bonchev–Trinajstić information content (AvgIpc) is 2.18. The minimum absolute atomic E-state index is 0.00837. The normalized spacial score (nSPS) is 12.2. The molecular weight excluding hydrogens is 307 g/mol. The molecule has 1 N–H and O–H groups in total. The van der Waals surface area contributed by atoms with Gasteiger partial charge in [-0.15, -0.1) is 0 Å². The quantitative estimate of drug-likeness (QED) is 0.684. The van der Waals surface area contributed by atoms with Gasteiger partial charge in [-0.1, -0.05) is 12.1 Å². The SMILES string of the molecule is CCOC(=O)C[C@H](O)c1ccc(I)cc1. The monoisotopic (exact) mass is 320 g/mol. The van der Waals surface area contributed by atoms with Gasteiger partial charge in [0.1, 0.15) is 0 Å². The number of esters is 1. The van der Waals surface area contributed by atoms with Crippen LogP contribution < -0.4 is 0 Å². The summed E-state index contributed by atoms with van der Waals surface area (Å²) in [5.74, 6) is -0.372. The van der Waals surface area contributed by atoms with Gasteiger partial charge in [0.2, 0.25) is 0 Å². The summed E-state index contributed by atoms with van der Waals surface area (Å²) in [4.78, 5) is 11.1. The Morgan fingerprint density at radius 1 is 1.47 bits per heavy atom. The van der Waals surface area contributed by atoms with Crippen LogP contribution in [-0.2, 0) is 9.53 Å². The highest BCUT2D eigenvalue weighted by atomic mass is 127. The third-order valence-electron chi connectivity index (χ3n) is 1.92. The van der Waals surface area contributed by atoms with Crippen molar-refractivity contribution < 1.29 is 14.6 Å². The molecule has 1 aromatic rings. The summed E-state index contributed by atoms with van der Waals surface area (Å²) in [6.07, 6.45) is -0.768. The van der Waals surface area contributed by atoms with Crippen LogP contribution in [0.2, 0.25) is 0 Å². The Labute approximate surface area is 103 Å². The third kappa shape index (κ3) is 4.17. The van der Waals surface area contributed by atoms with E-state index >= 15 is 0 Å². The van der Waals surface area contributed by atoms with Crippen molar-refractivity contribution in [1.82, 2.24) is 0 Å². The zero-order valence-electron chi connectivity index (χ0n) is 8.44. The van der Waals surface area contributed by atoms with Gasteiger partial charge in [0, 0.05) is 3.57 Å². The molecule has 15 heavy (non-hydrogen) atoms. The highest BCUT2D eigenvalue weighted by molar-refractivity contribution is 14.1. The van der Waals surface area contributed by atoms with E-state index in [0.29, 0.717) is 6.61 Å². The maximum absolute atomic E-state index is 11.1. The Bertz CT molecular complexity index is 321. The minimum atomic E-state index is -0.777. The lowest BCUT2D eigenvalue weighted by Gasteiger charge is -2.09. The Morgan fingerprint density at radius 2 is 2.07 bits per heavy atom. The molecule has 0 amide bonds. The van der Waals surface area contributed by atoms with Crippen LogP contribution in [0.25, 0.3) is 0 Å². The number of carbonyl (C=O) groups excluding carboxylic acids is 1. The summed E-state index contributed by atoms with van der Waals surface area (Å²) >= 11 is 2.19. The lowest BCUT2D eigenvalue weighted by molar-refractivity contribution is -0.145. The summed E-state index contributed by atoms with van der Waals surface area (Å²) < 4.78 is 5.85. The van der Waals surface area contributed by atoms with E-state index in [4.69, 9.17) is 4.74 Å². The second-order valence-corrected chi connectivity index (χ2v) is 4.32. The lowest BCUT2D eigenvalue weighted by Crippen LogP contribution is -2.09. The number of aliphatic hydroxyl groups excluding tert-OH is 1. The molecular formula is C11H13IO3. The van der Waals surface area contributed by atoms with Crippen LogP contribution in [0.5, 0.6) is 0 Å². The molecule has 1 aromatic carbocycles. The van der Waals surface area contributed by atoms with Crippen LogP contribution in [0.4, 0.5) is 0 Å². The first-order chi connectivity index (χ1) is 7.13. The molecule has 1 rings (SSSR count). The number of carbonyl (C=O) groups is 1. The molecule has 0 bridgehead atoms. The highest BCUT2D eigenvalue weighted by Crippen LogP contribution is 2.18. The van der Waals surface area contributed by atoms with Crippen molar-refractivity contribution in [2.24, 2.45) is 0 Å². The number of hydrogen-bond donors (Lipinski definition) is 1. The fourth-order valence-corrected chi connectivity index (χ4v) is 1.54. The standard InChI is InChI=1S/C11H13IO3/c1-2-15-11(14)7-10(13)8-3-5-9(12)6-4-8/h3-6,10,13H,2,7H2,1H3/t10-/m0/s1. The van der Waals surface area contributed by atoms with Crippen LogP contribution in [0.1, 0.15) is 25.0 Å². The smallest absolute Gasteiger partial charge is 0.308 e. The Kier molecular flexibility index (Phi) is 5.04. The fraction of sp³-hybridized carbons (Fsp3) is 0.364. The van der Waals surface area contributed by atoms with Crippen molar-refractivity contribution >= 4 is 28.6 Å². The zero-order valence-corrected chi connectivity index (χ0v) is 10.6. The van der Waals surface area contributed by atoms with Gasteiger partial charge >= 0.3 is 5.97 Å². The summed E-state index contributed by atoms with van der Waals surface area (Å²) in [6.45, 7) is 2.09. The Hall–Kier alpha value is -0.620. The number of hydrogen-bond acceptors (Lipinski definition) is 3. The lowest BCUT2D eigenvalue weighted by atomic mass is 10.1. The summed E-state index contributed by atoms with van der Waals surface area (Å²) in [5, 5.41) is 9.71. The maximum Gasteiger partial charge on any atom is 0.308 e. The molecule has 0 spiro atoms. The predicted octanol–water partition coefficient (Wildman–Crippen LogP) is 2.28. The first-order valence-electron chi connectivity index (χ1n) is 4.72. The minimum Gasteiger partial charge on any atom is -0.466 e. The molecule has 4 heteroatoms. The van der Waals surface area contributed by atoms with Crippen molar-refractivity contribution in [3.8, 4) is 0 Å². The Balaban J connectivity index is 2.57. The average molecular weight is 320 g/mol. The van der Waals surface area contributed by atoms with E-state index in [0.717, 1.165) is 9.13 Å². The van der Waals surface area contributed by atoms with Gasteiger partial charge in [0.05, 0.1) is 19.1 Å². The van der Waals surface area contributed by atoms with Crippen LogP contribution >= 0.6 is 22.6 Å². The van der Waals surface area contributed by atoms with Crippen molar-refractivity contribution in [2.45, 2.75) is 19.4 Å². The van der Waals surface area contributed by atoms with Crippen molar-refractivity contribution in [1.29, 1.82) is 0 Å². The fourth-order valence-electron chi connectivity index (χ4n) is 1.18. The molecule has 0 saturated carbocycles. The number of halogens is 1. The van der Waals surface area contributed by atoms with Crippen molar-refractivity contribution in [2.75, 3.05) is 6.61 Å². The van der Waals surface area contributed by atoms with Gasteiger partial charge in [-0.25, -0.2) is 0 Å². The molecule has 0 aliphatic carbocycles. The number of aliphatic hydroxyl groups is 1. The van der Waals surface area contributed by atoms with Crippen LogP contribution in [-0.4, -0.2) is 17.7 Å². The molecule has 1 atom stereocenters. The Morgan fingerprint density at radius 3 is 2.60 bits per heavy atom. The molecule has 0 aliphatic rings. The summed E-state index contributed by atoms with van der Waals surface area (Å²) in [5.41, 5.74) is 0.739. The van der Waals surface area contributed by atoms with Gasteiger partial charge in [-0.2, -0.15) is 0 Å². The second-order valence-electron chi connectivity index (χ2n) is 3.08. The number of ether oxygens (including phenoxy) is 1. The molecule has 82 valence electrons. The second kappa shape index (κ2) is 6.07. The molecule has 0 fully saturated rings. The van der Waals surface area contributed by atoms with Crippen molar-refractivity contribution in [3.05, 3.63) is 33.4 Å². The van der Waals surface area contributed by atoms with E-state index < -0.39 is 6.10 Å². The number of rotatable bonds is 4. The third-order valence-corrected chi connectivity index (χ3v) is 2.64. The van der Waals surface area contributed by atoms with Crippen LogP contribution in [0.3, 0.4) is 0 Å². The van der Waals surface area contributed by atoms with E-state index in [1.54, 1.807) is 6.92 Å².